The number of allylic oxidation sites excluding steroid dienone is 1. The Labute approximate surface area is 445 Å². The van der Waals surface area contributed by atoms with Crippen molar-refractivity contribution >= 4 is 50.8 Å². The van der Waals surface area contributed by atoms with E-state index in [1.807, 2.05) is 0 Å². The van der Waals surface area contributed by atoms with Crippen LogP contribution in [0, 0.1) is 0 Å². The van der Waals surface area contributed by atoms with E-state index in [0.717, 1.165) is 12.8 Å². The van der Waals surface area contributed by atoms with Crippen molar-refractivity contribution in [1.29, 1.82) is 0 Å². The molecule has 0 saturated heterocycles. The smallest absolute Gasteiger partial charge is 0.0541 e. The fourth-order valence-corrected chi connectivity index (χ4v) is 13.7. The molecule has 1 nitrogen and oxygen atoms in total. The van der Waals surface area contributed by atoms with Crippen LogP contribution in [0.5, 0.6) is 0 Å². The van der Waals surface area contributed by atoms with E-state index in [0.29, 0.717) is 0 Å². The van der Waals surface area contributed by atoms with Gasteiger partial charge in [0.25, 0.3) is 0 Å². The number of para-hydroxylation sites is 1. The van der Waals surface area contributed by atoms with Crippen molar-refractivity contribution in [1.82, 2.24) is 4.57 Å². The number of fused-ring (bicyclic) bond motifs is 14. The van der Waals surface area contributed by atoms with E-state index in [-0.39, 0.29) is 10.8 Å². The Morgan fingerprint density at radius 1 is 0.368 bits per heavy atom. The molecule has 0 radical (unpaired) electrons. The SMILES string of the molecule is C/C=C/c1ccc(-c2ccc3c(c2)C2(CCc4cc5ccccc5cc42)c2cc(-c4ccc(/C=C/c5ccc(-c6ccc7c(c6)c6ccccc6n7-c6ccc7c(c6)C(C)(C)c6ccccc6-7)cc5)cc4)ccc2-3)cc1. The molecular weight excluding hydrogens is 915 g/mol. The summed E-state index contributed by atoms with van der Waals surface area (Å²) in [5, 5.41) is 5.17. The number of hydrogen-bond donors (Lipinski definition) is 0. The second-order valence-electron chi connectivity index (χ2n) is 22.0. The molecule has 15 rings (SSSR count). The van der Waals surface area contributed by atoms with Gasteiger partial charge in [-0.15, -0.1) is 0 Å². The van der Waals surface area contributed by atoms with Crippen molar-refractivity contribution in [2.45, 2.75) is 44.4 Å². The number of hydrogen-bond acceptors (Lipinski definition) is 0. The van der Waals surface area contributed by atoms with Gasteiger partial charge in [-0.2, -0.15) is 0 Å². The van der Waals surface area contributed by atoms with Crippen LogP contribution < -0.4 is 0 Å². The van der Waals surface area contributed by atoms with Crippen LogP contribution in [0.2, 0.25) is 0 Å². The molecule has 3 aliphatic carbocycles. The lowest BCUT2D eigenvalue weighted by molar-refractivity contribution is 0.627. The molecule has 12 aromatic rings. The first-order valence-electron chi connectivity index (χ1n) is 27.0. The average molecular weight is 970 g/mol. The molecule has 3 aliphatic rings. The molecule has 1 heterocycles. The average Bonchev–Trinajstić information content (AvgIpc) is 4.27. The van der Waals surface area contributed by atoms with Gasteiger partial charge >= 0.3 is 0 Å². The number of aryl methyl sites for hydroxylation is 1. The Bertz CT molecular complexity index is 4400. The summed E-state index contributed by atoms with van der Waals surface area (Å²) in [6.45, 7) is 6.79. The van der Waals surface area contributed by atoms with Crippen LogP contribution in [-0.4, -0.2) is 4.57 Å². The van der Waals surface area contributed by atoms with Crippen molar-refractivity contribution in [2.24, 2.45) is 0 Å². The van der Waals surface area contributed by atoms with Crippen molar-refractivity contribution in [3.8, 4) is 61.3 Å². The molecule has 0 aliphatic heterocycles. The predicted octanol–water partition coefficient (Wildman–Crippen LogP) is 19.7. The lowest BCUT2D eigenvalue weighted by Crippen LogP contribution is -2.23. The molecule has 360 valence electrons. The zero-order valence-corrected chi connectivity index (χ0v) is 43.1. The van der Waals surface area contributed by atoms with Crippen LogP contribution in [0.3, 0.4) is 0 Å². The van der Waals surface area contributed by atoms with Crippen LogP contribution in [0.15, 0.2) is 237 Å². The third kappa shape index (κ3) is 6.78. The van der Waals surface area contributed by atoms with Crippen molar-refractivity contribution in [3.05, 3.63) is 287 Å². The van der Waals surface area contributed by atoms with Crippen molar-refractivity contribution in [3.63, 3.8) is 0 Å². The molecule has 0 amide bonds. The summed E-state index contributed by atoms with van der Waals surface area (Å²) in [7, 11) is 0. The number of benzene rings is 11. The summed E-state index contributed by atoms with van der Waals surface area (Å²) in [6.07, 6.45) is 10.8. The normalized spacial score (nSPS) is 15.8. The van der Waals surface area contributed by atoms with Gasteiger partial charge in [0.1, 0.15) is 0 Å². The molecule has 0 saturated carbocycles. The molecule has 0 fully saturated rings. The summed E-state index contributed by atoms with van der Waals surface area (Å²) in [5.74, 6) is 0. The van der Waals surface area contributed by atoms with Gasteiger partial charge in [-0.1, -0.05) is 220 Å². The highest BCUT2D eigenvalue weighted by Crippen LogP contribution is 2.60. The highest BCUT2D eigenvalue weighted by atomic mass is 15.0. The molecule has 76 heavy (non-hydrogen) atoms. The van der Waals surface area contributed by atoms with E-state index in [4.69, 9.17) is 0 Å². The lowest BCUT2D eigenvalue weighted by Gasteiger charge is -2.29. The Morgan fingerprint density at radius 3 is 1.53 bits per heavy atom. The van der Waals surface area contributed by atoms with Gasteiger partial charge < -0.3 is 4.57 Å². The zero-order valence-electron chi connectivity index (χ0n) is 43.1. The van der Waals surface area contributed by atoms with Gasteiger partial charge in [-0.3, -0.25) is 0 Å². The number of rotatable bonds is 7. The third-order valence-electron chi connectivity index (χ3n) is 17.5. The van der Waals surface area contributed by atoms with Crippen LogP contribution >= 0.6 is 0 Å². The Hall–Kier alpha value is -9.04. The molecule has 1 aromatic heterocycles. The van der Waals surface area contributed by atoms with Gasteiger partial charge in [0.2, 0.25) is 0 Å². The van der Waals surface area contributed by atoms with Gasteiger partial charge in [0, 0.05) is 27.3 Å². The lowest BCUT2D eigenvalue weighted by atomic mass is 9.72. The monoisotopic (exact) mass is 969 g/mol. The standard InChI is InChI=1S/C75H55N/c1-4-11-48-20-26-52(27-21-48)57-32-36-63-64-37-33-58(46-71(64)75(70(63)45-57)41-40-59-42-54-12-5-6-13-55(54)44-68(59)75)53-30-24-50(25-31-53)19-18-49-22-28-51(29-23-49)56-34-39-73-66(43-56)65-15-8-10-17-72(65)76(73)60-35-38-62-61-14-7-9-16-67(61)74(2,3)69(62)47-60/h4-39,42-47H,40-41H2,1-3H3/b11-4+,19-18+. The largest absolute Gasteiger partial charge is 0.309 e. The summed E-state index contributed by atoms with van der Waals surface area (Å²) in [6, 6.07) is 87.2. The van der Waals surface area contributed by atoms with Gasteiger partial charge in [0.15, 0.2) is 0 Å². The summed E-state index contributed by atoms with van der Waals surface area (Å²) in [4.78, 5) is 0. The maximum Gasteiger partial charge on any atom is 0.0541 e. The number of aromatic nitrogens is 1. The van der Waals surface area contributed by atoms with Crippen LogP contribution in [0.1, 0.15) is 77.3 Å². The fraction of sp³-hybridized carbons (Fsp3) is 0.0933. The molecule has 0 N–H and O–H groups in total. The van der Waals surface area contributed by atoms with E-state index in [1.165, 1.54) is 144 Å². The highest BCUT2D eigenvalue weighted by Gasteiger charge is 2.49. The first-order valence-corrected chi connectivity index (χ1v) is 27.0. The highest BCUT2D eigenvalue weighted by molar-refractivity contribution is 6.10. The zero-order chi connectivity index (χ0) is 50.7. The van der Waals surface area contributed by atoms with E-state index in [2.05, 4.69) is 280 Å². The molecule has 1 unspecified atom stereocenters. The minimum Gasteiger partial charge on any atom is -0.309 e. The van der Waals surface area contributed by atoms with Crippen molar-refractivity contribution in [2.75, 3.05) is 0 Å². The van der Waals surface area contributed by atoms with Crippen LogP contribution in [0.4, 0.5) is 0 Å². The van der Waals surface area contributed by atoms with Crippen LogP contribution in [-0.2, 0) is 17.3 Å². The molecular formula is C75H55N. The topological polar surface area (TPSA) is 4.93 Å². The van der Waals surface area contributed by atoms with E-state index >= 15 is 0 Å². The van der Waals surface area contributed by atoms with E-state index < -0.39 is 0 Å². The number of nitrogens with zero attached hydrogens (tertiary/aromatic N) is 1. The Balaban J connectivity index is 0.712. The molecule has 1 spiro atoms. The Kier molecular flexibility index (Phi) is 9.94. The second kappa shape index (κ2) is 17.0. The summed E-state index contributed by atoms with van der Waals surface area (Å²) in [5.41, 5.74) is 28.4. The molecule has 1 heteroatoms. The summed E-state index contributed by atoms with van der Waals surface area (Å²) < 4.78 is 2.45. The van der Waals surface area contributed by atoms with Crippen LogP contribution in [0.25, 0.3) is 112 Å². The maximum absolute atomic E-state index is 2.52. The van der Waals surface area contributed by atoms with Gasteiger partial charge in [-0.05, 0) is 185 Å². The van der Waals surface area contributed by atoms with Gasteiger partial charge in [-0.25, -0.2) is 0 Å². The molecule has 11 aromatic carbocycles. The van der Waals surface area contributed by atoms with E-state index in [1.54, 1.807) is 0 Å². The third-order valence-corrected chi connectivity index (χ3v) is 17.5. The first-order chi connectivity index (χ1) is 37.3. The molecule has 0 bridgehead atoms. The fourth-order valence-electron chi connectivity index (χ4n) is 13.7. The molecule has 1 atom stereocenters. The second-order valence-corrected chi connectivity index (χ2v) is 22.0. The first kappa shape index (κ1) is 44.4. The summed E-state index contributed by atoms with van der Waals surface area (Å²) >= 11 is 0. The van der Waals surface area contributed by atoms with Gasteiger partial charge in [0.05, 0.1) is 11.0 Å². The minimum atomic E-state index is -0.221. The quantitative estimate of drug-likeness (QED) is 0.140. The predicted molar refractivity (Wildman–Crippen MR) is 322 cm³/mol. The Morgan fingerprint density at radius 2 is 0.868 bits per heavy atom. The minimum absolute atomic E-state index is 0.0602. The maximum atomic E-state index is 2.52. The van der Waals surface area contributed by atoms with Crippen molar-refractivity contribution < 1.29 is 0 Å². The van der Waals surface area contributed by atoms with E-state index in [9.17, 15) is 0 Å².